The number of halogens is 2. The molecule has 0 spiro atoms. The molecule has 0 N–H and O–H groups in total. The summed E-state index contributed by atoms with van der Waals surface area (Å²) in [6.45, 7) is 0. The molecule has 1 aliphatic rings. The summed E-state index contributed by atoms with van der Waals surface area (Å²) in [4.78, 5) is 0.756. The quantitative estimate of drug-likeness (QED) is 0.673. The molecule has 0 nitrogen and oxygen atoms in total. The van der Waals surface area contributed by atoms with Crippen LogP contribution in [0.25, 0.3) is 0 Å². The van der Waals surface area contributed by atoms with Crippen molar-refractivity contribution in [3.63, 3.8) is 0 Å². The summed E-state index contributed by atoms with van der Waals surface area (Å²) in [6.07, 6.45) is 6.73. The van der Waals surface area contributed by atoms with Crippen molar-refractivity contribution >= 4 is 31.9 Å². The highest BCUT2D eigenvalue weighted by Gasteiger charge is 2.19. The molecule has 1 saturated carbocycles. The van der Waals surface area contributed by atoms with E-state index in [1.807, 2.05) is 0 Å². The fourth-order valence-corrected chi connectivity index (χ4v) is 3.48. The van der Waals surface area contributed by atoms with Gasteiger partial charge in [-0.3, -0.25) is 0 Å². The fourth-order valence-electron chi connectivity index (χ4n) is 2.36. The van der Waals surface area contributed by atoms with Crippen LogP contribution in [-0.2, 0) is 6.42 Å². The molecule has 1 aliphatic carbocycles. The molecular weight excluding hydrogens is 316 g/mol. The predicted molar refractivity (Wildman–Crippen MR) is 72.5 cm³/mol. The summed E-state index contributed by atoms with van der Waals surface area (Å²) < 4.78 is 1.17. The lowest BCUT2D eigenvalue weighted by Crippen LogP contribution is -2.16. The second-order valence-electron chi connectivity index (χ2n) is 4.46. The first-order valence-corrected chi connectivity index (χ1v) is 7.33. The van der Waals surface area contributed by atoms with Crippen LogP contribution in [0.5, 0.6) is 0 Å². The Kier molecular flexibility index (Phi) is 4.27. The highest BCUT2D eigenvalue weighted by Crippen LogP contribution is 2.31. The van der Waals surface area contributed by atoms with Crippen molar-refractivity contribution in [3.05, 3.63) is 34.3 Å². The lowest BCUT2D eigenvalue weighted by atomic mass is 9.85. The molecule has 1 aromatic carbocycles. The third-order valence-electron chi connectivity index (χ3n) is 3.16. The maximum Gasteiger partial charge on any atom is 0.0175 e. The predicted octanol–water partition coefficient (Wildman–Crippen LogP) is 4.95. The Morgan fingerprint density at radius 3 is 2.53 bits per heavy atom. The van der Waals surface area contributed by atoms with E-state index in [2.05, 4.69) is 56.1 Å². The first-order chi connectivity index (χ1) is 7.24. The number of benzene rings is 1. The molecule has 15 heavy (non-hydrogen) atoms. The number of rotatable bonds is 2. The van der Waals surface area contributed by atoms with Crippen LogP contribution in [0.15, 0.2) is 28.7 Å². The third kappa shape index (κ3) is 3.60. The lowest BCUT2D eigenvalue weighted by Gasteiger charge is -2.25. The van der Waals surface area contributed by atoms with Crippen LogP contribution < -0.4 is 0 Å². The van der Waals surface area contributed by atoms with Gasteiger partial charge < -0.3 is 0 Å². The molecule has 0 aliphatic heterocycles. The molecule has 2 rings (SSSR count). The zero-order chi connectivity index (χ0) is 10.7. The summed E-state index contributed by atoms with van der Waals surface area (Å²) in [7, 11) is 0. The first kappa shape index (κ1) is 11.7. The van der Waals surface area contributed by atoms with Gasteiger partial charge in [-0.25, -0.2) is 0 Å². The van der Waals surface area contributed by atoms with E-state index >= 15 is 0 Å². The number of alkyl halides is 1. The maximum absolute atomic E-state index is 3.75. The topological polar surface area (TPSA) is 0 Å². The van der Waals surface area contributed by atoms with Crippen LogP contribution in [0.4, 0.5) is 0 Å². The number of hydrogen-bond donors (Lipinski definition) is 0. The van der Waals surface area contributed by atoms with Gasteiger partial charge in [0.1, 0.15) is 0 Å². The minimum Gasteiger partial charge on any atom is -0.0891 e. The van der Waals surface area contributed by atoms with E-state index in [0.29, 0.717) is 0 Å². The van der Waals surface area contributed by atoms with Crippen molar-refractivity contribution < 1.29 is 0 Å². The summed E-state index contributed by atoms with van der Waals surface area (Å²) in [5, 5.41) is 0. The molecule has 1 fully saturated rings. The van der Waals surface area contributed by atoms with Gasteiger partial charge in [-0.05, 0) is 42.9 Å². The molecule has 0 radical (unpaired) electrons. The van der Waals surface area contributed by atoms with E-state index in [4.69, 9.17) is 0 Å². The average molecular weight is 332 g/mol. The third-order valence-corrected chi connectivity index (χ3v) is 4.52. The van der Waals surface area contributed by atoms with Gasteiger partial charge in [-0.1, -0.05) is 56.8 Å². The average Bonchev–Trinajstić information content (AvgIpc) is 2.22. The van der Waals surface area contributed by atoms with E-state index in [-0.39, 0.29) is 0 Å². The van der Waals surface area contributed by atoms with Gasteiger partial charge in [0.2, 0.25) is 0 Å². The number of hydrogen-bond acceptors (Lipinski definition) is 0. The fraction of sp³-hybridized carbons (Fsp3) is 0.538. The van der Waals surface area contributed by atoms with Crippen LogP contribution in [0.3, 0.4) is 0 Å². The Morgan fingerprint density at radius 2 is 1.87 bits per heavy atom. The molecule has 2 heteroatoms. The summed E-state index contributed by atoms with van der Waals surface area (Å²) in [5.41, 5.74) is 1.48. The maximum atomic E-state index is 3.75. The van der Waals surface area contributed by atoms with Crippen LogP contribution in [-0.4, -0.2) is 4.83 Å². The SMILES string of the molecule is Brc1ccc(CC2CCCC(Br)C2)cc1. The van der Waals surface area contributed by atoms with Crippen molar-refractivity contribution in [2.24, 2.45) is 5.92 Å². The molecule has 0 aromatic heterocycles. The van der Waals surface area contributed by atoms with Crippen molar-refractivity contribution in [2.45, 2.75) is 36.9 Å². The van der Waals surface area contributed by atoms with Gasteiger partial charge in [-0.15, -0.1) is 0 Å². The van der Waals surface area contributed by atoms with Crippen molar-refractivity contribution in [3.8, 4) is 0 Å². The standard InChI is InChI=1S/C13H16Br2/c14-12-6-4-10(5-7-12)8-11-2-1-3-13(15)9-11/h4-7,11,13H,1-3,8-9H2. The van der Waals surface area contributed by atoms with Gasteiger partial charge in [0.25, 0.3) is 0 Å². The smallest absolute Gasteiger partial charge is 0.0175 e. The van der Waals surface area contributed by atoms with Crippen LogP contribution in [0, 0.1) is 5.92 Å². The van der Waals surface area contributed by atoms with Gasteiger partial charge >= 0.3 is 0 Å². The molecule has 0 bridgehead atoms. The van der Waals surface area contributed by atoms with E-state index in [9.17, 15) is 0 Å². The first-order valence-electron chi connectivity index (χ1n) is 5.62. The van der Waals surface area contributed by atoms with E-state index in [1.54, 1.807) is 0 Å². The Morgan fingerprint density at radius 1 is 1.13 bits per heavy atom. The van der Waals surface area contributed by atoms with Crippen LogP contribution >= 0.6 is 31.9 Å². The van der Waals surface area contributed by atoms with Gasteiger partial charge in [0.05, 0.1) is 0 Å². The molecular formula is C13H16Br2. The zero-order valence-corrected chi connectivity index (χ0v) is 11.9. The minimum atomic E-state index is 0.756. The highest BCUT2D eigenvalue weighted by molar-refractivity contribution is 9.10. The van der Waals surface area contributed by atoms with E-state index in [1.165, 1.54) is 42.1 Å². The normalized spacial score (nSPS) is 26.5. The zero-order valence-electron chi connectivity index (χ0n) is 8.76. The van der Waals surface area contributed by atoms with Gasteiger partial charge in [0, 0.05) is 9.30 Å². The van der Waals surface area contributed by atoms with E-state index in [0.717, 1.165) is 10.7 Å². The minimum absolute atomic E-state index is 0.756. The monoisotopic (exact) mass is 330 g/mol. The second kappa shape index (κ2) is 5.49. The molecule has 2 atom stereocenters. The molecule has 0 heterocycles. The van der Waals surface area contributed by atoms with Crippen LogP contribution in [0.2, 0.25) is 0 Å². The Labute approximate surface area is 109 Å². The second-order valence-corrected chi connectivity index (χ2v) is 6.67. The Hall–Kier alpha value is 0.180. The Balaban J connectivity index is 1.93. The van der Waals surface area contributed by atoms with Crippen molar-refractivity contribution in [1.29, 1.82) is 0 Å². The van der Waals surface area contributed by atoms with Crippen molar-refractivity contribution in [2.75, 3.05) is 0 Å². The molecule has 82 valence electrons. The van der Waals surface area contributed by atoms with Gasteiger partial charge in [0.15, 0.2) is 0 Å². The summed E-state index contributed by atoms with van der Waals surface area (Å²) >= 11 is 7.22. The molecule has 1 aromatic rings. The Bertz CT molecular complexity index is 305. The van der Waals surface area contributed by atoms with E-state index < -0.39 is 0 Å². The highest BCUT2D eigenvalue weighted by atomic mass is 79.9. The molecule has 0 saturated heterocycles. The van der Waals surface area contributed by atoms with Crippen LogP contribution in [0.1, 0.15) is 31.2 Å². The summed E-state index contributed by atoms with van der Waals surface area (Å²) in [6, 6.07) is 8.76. The molecule has 0 amide bonds. The lowest BCUT2D eigenvalue weighted by molar-refractivity contribution is 0.368. The van der Waals surface area contributed by atoms with Gasteiger partial charge in [-0.2, -0.15) is 0 Å². The summed E-state index contributed by atoms with van der Waals surface area (Å²) in [5.74, 6) is 0.879. The largest absolute Gasteiger partial charge is 0.0891 e. The molecule has 2 unspecified atom stereocenters. The van der Waals surface area contributed by atoms with Crippen molar-refractivity contribution in [1.82, 2.24) is 0 Å².